The second kappa shape index (κ2) is 6.32. The summed E-state index contributed by atoms with van der Waals surface area (Å²) in [5.41, 5.74) is -0.406. The van der Waals surface area contributed by atoms with Gasteiger partial charge in [0.25, 0.3) is 5.88 Å². The molecule has 0 amide bonds. The minimum Gasteiger partial charge on any atom is -0.463 e. The van der Waals surface area contributed by atoms with Crippen LogP contribution in [0.2, 0.25) is 0 Å². The molecule has 0 saturated carbocycles. The van der Waals surface area contributed by atoms with Gasteiger partial charge < -0.3 is 4.74 Å². The van der Waals surface area contributed by atoms with E-state index >= 15 is 0 Å². The van der Waals surface area contributed by atoms with Crippen molar-refractivity contribution in [3.8, 4) is 17.1 Å². The fraction of sp³-hybridized carbons (Fsp3) is 0.286. The third-order valence-electron chi connectivity index (χ3n) is 3.40. The van der Waals surface area contributed by atoms with Gasteiger partial charge in [0.05, 0.1) is 11.9 Å². The lowest BCUT2D eigenvalue weighted by Crippen LogP contribution is -2.31. The predicted molar refractivity (Wildman–Crippen MR) is 75.1 cm³/mol. The minimum atomic E-state index is -4.78. The summed E-state index contributed by atoms with van der Waals surface area (Å²) in [6.07, 6.45) is -8.99. The van der Waals surface area contributed by atoms with Gasteiger partial charge in [-0.2, -0.15) is 26.3 Å². The lowest BCUT2D eigenvalue weighted by molar-refractivity contribution is -0.190. The van der Waals surface area contributed by atoms with E-state index in [1.807, 2.05) is 0 Å². The maximum atomic E-state index is 14.0. The number of alkyl halides is 6. The third-order valence-corrected chi connectivity index (χ3v) is 3.40. The van der Waals surface area contributed by atoms with Crippen LogP contribution in [0.15, 0.2) is 24.7 Å². The molecular formula is C14H8F7N5O. The molecule has 3 aromatic rings. The zero-order valence-corrected chi connectivity index (χ0v) is 13.2. The molecule has 27 heavy (non-hydrogen) atoms. The Bertz CT molecular complexity index is 982. The summed E-state index contributed by atoms with van der Waals surface area (Å²) in [4.78, 5) is 7.27. The van der Waals surface area contributed by atoms with Crippen LogP contribution in [-0.4, -0.2) is 36.8 Å². The molecule has 0 spiro atoms. The van der Waals surface area contributed by atoms with Crippen LogP contribution in [0, 0.1) is 5.82 Å². The van der Waals surface area contributed by atoms with Gasteiger partial charge in [0.1, 0.15) is 0 Å². The second-order valence-electron chi connectivity index (χ2n) is 5.33. The maximum absolute atomic E-state index is 14.0. The number of hydrogen-bond donors (Lipinski definition) is 0. The van der Waals surface area contributed by atoms with Gasteiger partial charge in [0.15, 0.2) is 17.6 Å². The molecule has 0 aliphatic heterocycles. The Morgan fingerprint density at radius 2 is 1.74 bits per heavy atom. The SMILES string of the molecule is CC(Oc1ncc(-c2cn3c(C(F)(F)F)nnc3cn2)cc1F)C(F)(F)F. The first-order valence-electron chi connectivity index (χ1n) is 7.14. The van der Waals surface area contributed by atoms with Crippen LogP contribution in [0.3, 0.4) is 0 Å². The average molecular weight is 395 g/mol. The van der Waals surface area contributed by atoms with Crippen LogP contribution in [0.1, 0.15) is 12.7 Å². The van der Waals surface area contributed by atoms with Crippen LogP contribution in [0.25, 0.3) is 16.9 Å². The summed E-state index contributed by atoms with van der Waals surface area (Å²) in [6, 6.07) is 0.747. The molecule has 0 aliphatic carbocycles. The van der Waals surface area contributed by atoms with Gasteiger partial charge in [-0.05, 0) is 13.0 Å². The molecule has 1 unspecified atom stereocenters. The van der Waals surface area contributed by atoms with E-state index in [9.17, 15) is 30.7 Å². The number of fused-ring (bicyclic) bond motifs is 1. The normalized spacial score (nSPS) is 13.8. The van der Waals surface area contributed by atoms with Gasteiger partial charge >= 0.3 is 12.4 Å². The highest BCUT2D eigenvalue weighted by molar-refractivity contribution is 5.59. The molecule has 3 rings (SSSR count). The molecular weight excluding hydrogens is 387 g/mol. The standard InChI is InChI=1S/C14H8F7N5O/c1-6(13(16,17)18)27-11-8(15)2-7(3-23-11)9-5-26-10(4-22-9)24-25-12(26)14(19,20)21/h2-6H,1H3. The van der Waals surface area contributed by atoms with Crippen molar-refractivity contribution in [3.05, 3.63) is 36.3 Å². The number of pyridine rings is 1. The van der Waals surface area contributed by atoms with Crippen LogP contribution >= 0.6 is 0 Å². The van der Waals surface area contributed by atoms with Crippen LogP contribution in [-0.2, 0) is 6.18 Å². The highest BCUT2D eigenvalue weighted by atomic mass is 19.4. The monoisotopic (exact) mass is 395 g/mol. The first-order valence-corrected chi connectivity index (χ1v) is 7.14. The molecule has 3 heterocycles. The first-order chi connectivity index (χ1) is 12.5. The van der Waals surface area contributed by atoms with E-state index in [4.69, 9.17) is 0 Å². The van der Waals surface area contributed by atoms with E-state index in [-0.39, 0.29) is 16.9 Å². The molecule has 0 fully saturated rings. The predicted octanol–water partition coefficient (Wildman–Crippen LogP) is 3.67. The van der Waals surface area contributed by atoms with Crippen molar-refractivity contribution in [3.63, 3.8) is 0 Å². The van der Waals surface area contributed by atoms with Crippen molar-refractivity contribution in [1.29, 1.82) is 0 Å². The van der Waals surface area contributed by atoms with E-state index in [0.717, 1.165) is 24.7 Å². The largest absolute Gasteiger partial charge is 0.463 e. The minimum absolute atomic E-state index is 0.0803. The fourth-order valence-electron chi connectivity index (χ4n) is 2.03. The Balaban J connectivity index is 1.96. The van der Waals surface area contributed by atoms with Crippen LogP contribution < -0.4 is 4.74 Å². The maximum Gasteiger partial charge on any atom is 0.452 e. The summed E-state index contributed by atoms with van der Waals surface area (Å²) >= 11 is 0. The Morgan fingerprint density at radius 1 is 1.04 bits per heavy atom. The molecule has 0 saturated heterocycles. The Morgan fingerprint density at radius 3 is 2.33 bits per heavy atom. The van der Waals surface area contributed by atoms with E-state index in [1.165, 1.54) is 0 Å². The van der Waals surface area contributed by atoms with Crippen LogP contribution in [0.4, 0.5) is 30.7 Å². The first kappa shape index (κ1) is 18.8. The highest BCUT2D eigenvalue weighted by Gasteiger charge is 2.39. The lowest BCUT2D eigenvalue weighted by atomic mass is 10.2. The molecule has 13 heteroatoms. The Kier molecular flexibility index (Phi) is 4.40. The smallest absolute Gasteiger partial charge is 0.452 e. The topological polar surface area (TPSA) is 65.2 Å². The number of aromatic nitrogens is 5. The third kappa shape index (κ3) is 3.75. The van der Waals surface area contributed by atoms with E-state index < -0.39 is 36.0 Å². The Hall–Kier alpha value is -2.99. The van der Waals surface area contributed by atoms with Gasteiger partial charge in [-0.1, -0.05) is 0 Å². The summed E-state index contributed by atoms with van der Waals surface area (Å²) in [5, 5.41) is 6.34. The van der Waals surface area contributed by atoms with Crippen molar-refractivity contribution in [2.24, 2.45) is 0 Å². The van der Waals surface area contributed by atoms with Crippen molar-refractivity contribution in [1.82, 2.24) is 24.6 Å². The zero-order chi connectivity index (χ0) is 20.0. The van der Waals surface area contributed by atoms with E-state index in [1.54, 1.807) is 0 Å². The molecule has 0 aromatic carbocycles. The van der Waals surface area contributed by atoms with Gasteiger partial charge in [0, 0.05) is 18.0 Å². The number of halogens is 7. The second-order valence-corrected chi connectivity index (χ2v) is 5.33. The molecule has 3 aromatic heterocycles. The number of nitrogens with zero attached hydrogens (tertiary/aromatic N) is 5. The number of hydrogen-bond acceptors (Lipinski definition) is 5. The summed E-state index contributed by atoms with van der Waals surface area (Å²) in [5.74, 6) is -3.44. The summed E-state index contributed by atoms with van der Waals surface area (Å²) < 4.78 is 95.1. The van der Waals surface area contributed by atoms with Gasteiger partial charge in [-0.15, -0.1) is 10.2 Å². The molecule has 0 radical (unpaired) electrons. The molecule has 6 nitrogen and oxygen atoms in total. The number of ether oxygens (including phenoxy) is 1. The van der Waals surface area contributed by atoms with Crippen molar-refractivity contribution < 1.29 is 35.5 Å². The van der Waals surface area contributed by atoms with Crippen molar-refractivity contribution in [2.75, 3.05) is 0 Å². The van der Waals surface area contributed by atoms with Crippen molar-refractivity contribution >= 4 is 5.65 Å². The zero-order valence-electron chi connectivity index (χ0n) is 13.2. The number of rotatable bonds is 3. The fourth-order valence-corrected chi connectivity index (χ4v) is 2.03. The average Bonchev–Trinajstić information content (AvgIpc) is 2.99. The van der Waals surface area contributed by atoms with Gasteiger partial charge in [-0.3, -0.25) is 9.38 Å². The van der Waals surface area contributed by atoms with E-state index in [0.29, 0.717) is 11.3 Å². The van der Waals surface area contributed by atoms with Crippen LogP contribution in [0.5, 0.6) is 5.88 Å². The molecule has 0 aliphatic rings. The van der Waals surface area contributed by atoms with E-state index in [2.05, 4.69) is 24.9 Å². The van der Waals surface area contributed by atoms with Gasteiger partial charge in [-0.25, -0.2) is 9.37 Å². The summed E-state index contributed by atoms with van der Waals surface area (Å²) in [7, 11) is 0. The molecule has 0 N–H and O–H groups in total. The Labute approximate surface area is 145 Å². The van der Waals surface area contributed by atoms with Crippen molar-refractivity contribution in [2.45, 2.75) is 25.4 Å². The quantitative estimate of drug-likeness (QED) is 0.634. The molecule has 1 atom stereocenters. The lowest BCUT2D eigenvalue weighted by Gasteiger charge is -2.17. The summed E-state index contributed by atoms with van der Waals surface area (Å²) in [6.45, 7) is 0.676. The molecule has 0 bridgehead atoms. The highest BCUT2D eigenvalue weighted by Crippen LogP contribution is 2.30. The van der Waals surface area contributed by atoms with Gasteiger partial charge in [0.2, 0.25) is 5.82 Å². The molecule has 144 valence electrons.